The van der Waals surface area contributed by atoms with Crippen LogP contribution < -0.4 is 0 Å². The second-order valence-corrected chi connectivity index (χ2v) is 9.45. The van der Waals surface area contributed by atoms with Crippen molar-refractivity contribution in [1.29, 1.82) is 0 Å². The maximum Gasteiger partial charge on any atom is 0.224 e. The van der Waals surface area contributed by atoms with Gasteiger partial charge in [0, 0.05) is 5.02 Å². The third-order valence-electron chi connectivity index (χ3n) is 5.78. The number of benzene rings is 2. The highest BCUT2D eigenvalue weighted by Gasteiger charge is 2.48. The standard InChI is InChI=1S/C23H23ClO2S/c1-14-12-17(16-6-8-18(24)9-7-16)13-15(2)19(14)20-21(25)23(27-22(20)26)10-4-3-5-11-23/h6-9,12-13,25H,3-5,10-11H2,1-2H3. The lowest BCUT2D eigenvalue weighted by Crippen LogP contribution is -2.28. The Morgan fingerprint density at radius 1 is 0.963 bits per heavy atom. The molecule has 0 bridgehead atoms. The number of aliphatic hydroxyl groups excluding tert-OH is 1. The fraction of sp³-hybridized carbons (Fsp3) is 0.348. The summed E-state index contributed by atoms with van der Waals surface area (Å²) in [5, 5.41) is 11.8. The highest BCUT2D eigenvalue weighted by molar-refractivity contribution is 8.16. The molecule has 1 heterocycles. The molecular formula is C23H23ClO2S. The van der Waals surface area contributed by atoms with E-state index in [9.17, 15) is 9.90 Å². The van der Waals surface area contributed by atoms with Crippen LogP contribution in [-0.4, -0.2) is 15.0 Å². The van der Waals surface area contributed by atoms with E-state index in [2.05, 4.69) is 12.1 Å². The molecule has 1 aliphatic carbocycles. The molecule has 2 aromatic rings. The molecule has 0 amide bonds. The molecule has 2 aromatic carbocycles. The molecule has 0 atom stereocenters. The van der Waals surface area contributed by atoms with E-state index >= 15 is 0 Å². The lowest BCUT2D eigenvalue weighted by molar-refractivity contribution is -0.106. The molecular weight excluding hydrogens is 376 g/mol. The maximum absolute atomic E-state index is 12.9. The van der Waals surface area contributed by atoms with Crippen LogP contribution in [0, 0.1) is 13.8 Å². The first-order valence-electron chi connectivity index (χ1n) is 9.46. The van der Waals surface area contributed by atoms with Crippen molar-refractivity contribution in [2.24, 2.45) is 0 Å². The Morgan fingerprint density at radius 3 is 2.15 bits per heavy atom. The predicted octanol–water partition coefficient (Wildman–Crippen LogP) is 6.87. The summed E-state index contributed by atoms with van der Waals surface area (Å²) in [6, 6.07) is 12.0. The summed E-state index contributed by atoms with van der Waals surface area (Å²) in [6.45, 7) is 4.04. The van der Waals surface area contributed by atoms with Gasteiger partial charge in [0.1, 0.15) is 5.76 Å². The van der Waals surface area contributed by atoms with Gasteiger partial charge in [-0.15, -0.1) is 0 Å². The molecule has 1 N–H and O–H groups in total. The molecule has 140 valence electrons. The number of hydrogen-bond acceptors (Lipinski definition) is 3. The molecule has 0 aromatic heterocycles. The van der Waals surface area contributed by atoms with Crippen LogP contribution in [0.3, 0.4) is 0 Å². The summed E-state index contributed by atoms with van der Waals surface area (Å²) in [5.41, 5.74) is 5.64. The van der Waals surface area contributed by atoms with E-state index in [1.54, 1.807) is 0 Å². The molecule has 1 spiro atoms. The van der Waals surface area contributed by atoms with Crippen molar-refractivity contribution >= 4 is 34.1 Å². The van der Waals surface area contributed by atoms with Gasteiger partial charge in [-0.3, -0.25) is 4.79 Å². The van der Waals surface area contributed by atoms with Crippen LogP contribution in [0.4, 0.5) is 0 Å². The molecule has 27 heavy (non-hydrogen) atoms. The molecule has 2 aliphatic rings. The Labute approximate surface area is 169 Å². The van der Waals surface area contributed by atoms with Gasteiger partial charge in [-0.25, -0.2) is 0 Å². The summed E-state index contributed by atoms with van der Waals surface area (Å²) in [4.78, 5) is 12.9. The Balaban J connectivity index is 1.80. The average molecular weight is 399 g/mol. The number of rotatable bonds is 2. The van der Waals surface area contributed by atoms with E-state index in [1.165, 1.54) is 18.2 Å². The lowest BCUT2D eigenvalue weighted by Gasteiger charge is -2.31. The molecule has 4 heteroatoms. The van der Waals surface area contributed by atoms with E-state index in [-0.39, 0.29) is 5.12 Å². The first-order chi connectivity index (χ1) is 12.9. The van der Waals surface area contributed by atoms with Crippen LogP contribution in [0.15, 0.2) is 42.2 Å². The van der Waals surface area contributed by atoms with Gasteiger partial charge in [0.2, 0.25) is 5.12 Å². The van der Waals surface area contributed by atoms with Crippen molar-refractivity contribution in [1.82, 2.24) is 0 Å². The van der Waals surface area contributed by atoms with Gasteiger partial charge < -0.3 is 5.11 Å². The zero-order valence-corrected chi connectivity index (χ0v) is 17.2. The molecule has 0 saturated heterocycles. The Bertz CT molecular complexity index is 914. The SMILES string of the molecule is Cc1cc(-c2ccc(Cl)cc2)cc(C)c1C1=C(O)C2(CCCCC2)SC1=O. The number of carbonyl (C=O) groups is 1. The first kappa shape index (κ1) is 18.6. The fourth-order valence-corrected chi connectivity index (χ4v) is 5.92. The van der Waals surface area contributed by atoms with Gasteiger partial charge in [-0.2, -0.15) is 0 Å². The maximum atomic E-state index is 12.9. The van der Waals surface area contributed by atoms with Gasteiger partial charge in [-0.1, -0.05) is 66.9 Å². The normalized spacial score (nSPS) is 19.1. The number of halogens is 1. The van der Waals surface area contributed by atoms with E-state index < -0.39 is 4.75 Å². The quantitative estimate of drug-likeness (QED) is 0.599. The van der Waals surface area contributed by atoms with Crippen LogP contribution in [0.5, 0.6) is 0 Å². The van der Waals surface area contributed by atoms with Gasteiger partial charge in [0.25, 0.3) is 0 Å². The number of thioether (sulfide) groups is 1. The lowest BCUT2D eigenvalue weighted by atomic mass is 9.83. The average Bonchev–Trinajstić information content (AvgIpc) is 2.86. The highest BCUT2D eigenvalue weighted by Crippen LogP contribution is 2.54. The second kappa shape index (κ2) is 7.03. The van der Waals surface area contributed by atoms with E-state index in [4.69, 9.17) is 11.6 Å². The van der Waals surface area contributed by atoms with Gasteiger partial charge in [0.05, 0.1) is 10.3 Å². The minimum Gasteiger partial charge on any atom is -0.510 e. The summed E-state index contributed by atoms with van der Waals surface area (Å²) in [5.74, 6) is 0.308. The third-order valence-corrected chi connectivity index (χ3v) is 7.42. The van der Waals surface area contributed by atoms with E-state index in [0.717, 1.165) is 53.5 Å². The minimum atomic E-state index is -0.390. The summed E-state index contributed by atoms with van der Waals surface area (Å²) in [6.07, 6.45) is 5.11. The highest BCUT2D eigenvalue weighted by atomic mass is 35.5. The van der Waals surface area contributed by atoms with Crippen molar-refractivity contribution in [2.45, 2.75) is 50.7 Å². The third kappa shape index (κ3) is 3.21. The summed E-state index contributed by atoms with van der Waals surface area (Å²) < 4.78 is -0.390. The number of hydrogen-bond donors (Lipinski definition) is 1. The molecule has 2 nitrogen and oxygen atoms in total. The topological polar surface area (TPSA) is 37.3 Å². The number of aliphatic hydroxyl groups is 1. The number of aryl methyl sites for hydroxylation is 2. The molecule has 0 radical (unpaired) electrons. The van der Waals surface area contributed by atoms with Crippen LogP contribution in [0.2, 0.25) is 5.02 Å². The Hall–Kier alpha value is -1.71. The monoisotopic (exact) mass is 398 g/mol. The van der Waals surface area contributed by atoms with Gasteiger partial charge in [-0.05, 0) is 66.6 Å². The minimum absolute atomic E-state index is 0.0137. The van der Waals surface area contributed by atoms with Crippen LogP contribution >= 0.6 is 23.4 Å². The Morgan fingerprint density at radius 2 is 1.56 bits per heavy atom. The van der Waals surface area contributed by atoms with Crippen molar-refractivity contribution in [3.8, 4) is 11.1 Å². The fourth-order valence-electron chi connectivity index (χ4n) is 4.45. The number of carbonyl (C=O) groups excluding carboxylic acids is 1. The van der Waals surface area contributed by atoms with Crippen molar-refractivity contribution in [3.63, 3.8) is 0 Å². The van der Waals surface area contributed by atoms with Crippen LogP contribution in [0.1, 0.15) is 48.8 Å². The van der Waals surface area contributed by atoms with E-state index in [0.29, 0.717) is 16.4 Å². The van der Waals surface area contributed by atoms with Crippen molar-refractivity contribution in [3.05, 3.63) is 63.9 Å². The Kier molecular flexibility index (Phi) is 4.85. The predicted molar refractivity (Wildman–Crippen MR) is 114 cm³/mol. The largest absolute Gasteiger partial charge is 0.510 e. The van der Waals surface area contributed by atoms with Gasteiger partial charge >= 0.3 is 0 Å². The summed E-state index contributed by atoms with van der Waals surface area (Å²) >= 11 is 7.34. The molecule has 1 saturated carbocycles. The summed E-state index contributed by atoms with van der Waals surface area (Å²) in [7, 11) is 0. The van der Waals surface area contributed by atoms with Crippen LogP contribution in [-0.2, 0) is 4.79 Å². The molecule has 0 unspecified atom stereocenters. The zero-order valence-electron chi connectivity index (χ0n) is 15.6. The molecule has 1 fully saturated rings. The smallest absolute Gasteiger partial charge is 0.224 e. The first-order valence-corrected chi connectivity index (χ1v) is 10.7. The molecule has 4 rings (SSSR count). The van der Waals surface area contributed by atoms with Crippen LogP contribution in [0.25, 0.3) is 16.7 Å². The van der Waals surface area contributed by atoms with Crippen molar-refractivity contribution < 1.29 is 9.90 Å². The zero-order chi connectivity index (χ0) is 19.2. The van der Waals surface area contributed by atoms with Crippen molar-refractivity contribution in [2.75, 3.05) is 0 Å². The van der Waals surface area contributed by atoms with Gasteiger partial charge in [0.15, 0.2) is 0 Å². The van der Waals surface area contributed by atoms with E-state index in [1.807, 2.05) is 38.1 Å². The second-order valence-electron chi connectivity index (χ2n) is 7.66. The molecule has 1 aliphatic heterocycles.